The second kappa shape index (κ2) is 13.3. The van der Waals surface area contributed by atoms with E-state index in [1.165, 1.54) is 18.5 Å². The Hall–Kier alpha value is -4.08. The van der Waals surface area contributed by atoms with Crippen molar-refractivity contribution in [2.75, 3.05) is 75.8 Å². The second-order valence-corrected chi connectivity index (χ2v) is 10.2. The molecular formula is C31H38N6O3. The summed E-state index contributed by atoms with van der Waals surface area (Å²) < 4.78 is 5.42. The zero-order valence-corrected chi connectivity index (χ0v) is 23.1. The number of amides is 1. The van der Waals surface area contributed by atoms with Crippen LogP contribution in [-0.4, -0.2) is 93.0 Å². The van der Waals surface area contributed by atoms with Gasteiger partial charge in [0.05, 0.1) is 19.9 Å². The number of piperazine rings is 2. The molecule has 2 aliphatic rings. The van der Waals surface area contributed by atoms with Crippen molar-refractivity contribution >= 4 is 23.5 Å². The maximum Gasteiger partial charge on any atom is 0.254 e. The smallest absolute Gasteiger partial charge is 0.254 e. The van der Waals surface area contributed by atoms with Gasteiger partial charge in [0.1, 0.15) is 0 Å². The lowest BCUT2D eigenvalue weighted by Gasteiger charge is -2.36. The van der Waals surface area contributed by atoms with Gasteiger partial charge in [-0.2, -0.15) is 5.10 Å². The highest BCUT2D eigenvalue weighted by Crippen LogP contribution is 2.32. The fourth-order valence-electron chi connectivity index (χ4n) is 5.30. The molecule has 1 amide bonds. The summed E-state index contributed by atoms with van der Waals surface area (Å²) in [6, 6.07) is 24.4. The van der Waals surface area contributed by atoms with Crippen molar-refractivity contribution in [2.45, 2.75) is 6.54 Å². The molecule has 0 bridgehead atoms. The van der Waals surface area contributed by atoms with Crippen LogP contribution in [0.3, 0.4) is 0 Å². The van der Waals surface area contributed by atoms with Crippen LogP contribution in [0.25, 0.3) is 0 Å². The van der Waals surface area contributed by atoms with E-state index >= 15 is 0 Å². The molecule has 3 aromatic carbocycles. The first-order valence-electron chi connectivity index (χ1n) is 13.9. The molecular weight excluding hydrogens is 504 g/mol. The lowest BCUT2D eigenvalue weighted by Crippen LogP contribution is -2.49. The average Bonchev–Trinajstić information content (AvgIpc) is 3.00. The van der Waals surface area contributed by atoms with Crippen LogP contribution >= 0.6 is 0 Å². The van der Waals surface area contributed by atoms with Gasteiger partial charge in [-0.1, -0.05) is 36.4 Å². The zero-order chi connectivity index (χ0) is 27.7. The minimum absolute atomic E-state index is 0.142. The number of anilines is 2. The fourth-order valence-corrected chi connectivity index (χ4v) is 5.30. The molecule has 0 aliphatic carbocycles. The Bertz CT molecular complexity index is 1270. The lowest BCUT2D eigenvalue weighted by atomic mass is 10.1. The van der Waals surface area contributed by atoms with Gasteiger partial charge in [0, 0.05) is 75.8 Å². The normalized spacial score (nSPS) is 16.8. The average molecular weight is 543 g/mol. The number of benzene rings is 3. The van der Waals surface area contributed by atoms with Crippen molar-refractivity contribution in [2.24, 2.45) is 5.10 Å². The van der Waals surface area contributed by atoms with E-state index < -0.39 is 0 Å². The van der Waals surface area contributed by atoms with E-state index in [0.717, 1.165) is 63.5 Å². The first kappa shape index (κ1) is 27.5. The standard InChI is InChI=1S/C31H38N6O3/c1-40-29-21-25(20-26(31(29)39)23-34-12-16-36(17-13-34)27-8-4-2-5-9-27)22-32-33-30(38)24-35-14-18-37(19-15-35)28-10-6-3-7-11-28/h2-11,20-22,39H,12-19,23-24H2,1H3,(H,33,38). The molecule has 2 N–H and O–H groups in total. The van der Waals surface area contributed by atoms with Gasteiger partial charge >= 0.3 is 0 Å². The molecule has 2 fully saturated rings. The molecule has 5 rings (SSSR count). The third-order valence-electron chi connectivity index (χ3n) is 7.55. The zero-order valence-electron chi connectivity index (χ0n) is 23.1. The number of hydrogen-bond acceptors (Lipinski definition) is 8. The SMILES string of the molecule is COc1cc(C=NNC(=O)CN2CCN(c3ccccc3)CC2)cc(CN2CCN(c3ccccc3)CC2)c1O. The number of nitrogens with zero attached hydrogens (tertiary/aromatic N) is 5. The summed E-state index contributed by atoms with van der Waals surface area (Å²) in [5.74, 6) is 0.389. The molecule has 40 heavy (non-hydrogen) atoms. The minimum Gasteiger partial charge on any atom is -0.504 e. The Kier molecular flexibility index (Phi) is 9.15. The highest BCUT2D eigenvalue weighted by molar-refractivity contribution is 5.84. The number of phenolic OH excluding ortho intramolecular Hbond substituents is 1. The first-order chi connectivity index (χ1) is 19.6. The molecule has 3 aromatic rings. The molecule has 2 heterocycles. The topological polar surface area (TPSA) is 83.9 Å². The van der Waals surface area contributed by atoms with Crippen LogP contribution in [0.2, 0.25) is 0 Å². The quantitative estimate of drug-likeness (QED) is 0.318. The molecule has 0 atom stereocenters. The van der Waals surface area contributed by atoms with Gasteiger partial charge in [-0.3, -0.25) is 14.6 Å². The van der Waals surface area contributed by atoms with Gasteiger partial charge in [0.2, 0.25) is 0 Å². The summed E-state index contributed by atoms with van der Waals surface area (Å²) in [7, 11) is 1.54. The van der Waals surface area contributed by atoms with Crippen molar-refractivity contribution in [3.8, 4) is 11.5 Å². The van der Waals surface area contributed by atoms with Crippen LogP contribution in [0.5, 0.6) is 11.5 Å². The number of ether oxygens (including phenoxy) is 1. The molecule has 0 unspecified atom stereocenters. The molecule has 2 saturated heterocycles. The largest absolute Gasteiger partial charge is 0.504 e. The number of rotatable bonds is 9. The predicted molar refractivity (Wildman–Crippen MR) is 159 cm³/mol. The summed E-state index contributed by atoms with van der Waals surface area (Å²) in [5.41, 5.74) is 6.63. The number of aromatic hydroxyl groups is 1. The van der Waals surface area contributed by atoms with Gasteiger partial charge < -0.3 is 19.6 Å². The van der Waals surface area contributed by atoms with E-state index in [1.54, 1.807) is 12.3 Å². The van der Waals surface area contributed by atoms with Crippen LogP contribution < -0.4 is 20.0 Å². The van der Waals surface area contributed by atoms with E-state index in [2.05, 4.69) is 66.5 Å². The van der Waals surface area contributed by atoms with Gasteiger partial charge in [-0.15, -0.1) is 0 Å². The number of carbonyl (C=O) groups is 1. The maximum atomic E-state index is 12.5. The Labute approximate surface area is 236 Å². The van der Waals surface area contributed by atoms with E-state index in [1.807, 2.05) is 30.3 Å². The summed E-state index contributed by atoms with van der Waals surface area (Å²) in [6.07, 6.45) is 1.60. The number of methoxy groups -OCH3 is 1. The number of carbonyl (C=O) groups excluding carboxylic acids is 1. The highest BCUT2D eigenvalue weighted by Gasteiger charge is 2.21. The fraction of sp³-hybridized carbons (Fsp3) is 0.355. The highest BCUT2D eigenvalue weighted by atomic mass is 16.5. The molecule has 2 aliphatic heterocycles. The number of phenols is 1. The van der Waals surface area contributed by atoms with Crippen LogP contribution in [0, 0.1) is 0 Å². The Morgan fingerprint density at radius 1 is 0.850 bits per heavy atom. The van der Waals surface area contributed by atoms with Gasteiger partial charge in [0.25, 0.3) is 5.91 Å². The molecule has 0 spiro atoms. The van der Waals surface area contributed by atoms with Crippen molar-refractivity contribution < 1.29 is 14.6 Å². The summed E-state index contributed by atoms with van der Waals surface area (Å²) in [4.78, 5) is 21.7. The van der Waals surface area contributed by atoms with Crippen LogP contribution in [-0.2, 0) is 11.3 Å². The van der Waals surface area contributed by atoms with Crippen molar-refractivity contribution in [3.63, 3.8) is 0 Å². The number of para-hydroxylation sites is 2. The Morgan fingerprint density at radius 2 is 1.40 bits per heavy atom. The lowest BCUT2D eigenvalue weighted by molar-refractivity contribution is -0.122. The Balaban J connectivity index is 1.12. The molecule has 0 saturated carbocycles. The Morgan fingerprint density at radius 3 is 1.95 bits per heavy atom. The van der Waals surface area contributed by atoms with Crippen molar-refractivity contribution in [1.82, 2.24) is 15.2 Å². The maximum absolute atomic E-state index is 12.5. The van der Waals surface area contributed by atoms with Crippen molar-refractivity contribution in [1.29, 1.82) is 0 Å². The third-order valence-corrected chi connectivity index (χ3v) is 7.55. The van der Waals surface area contributed by atoms with Crippen LogP contribution in [0.4, 0.5) is 11.4 Å². The number of nitrogens with one attached hydrogen (secondary N) is 1. The first-order valence-corrected chi connectivity index (χ1v) is 13.9. The minimum atomic E-state index is -0.147. The summed E-state index contributed by atoms with van der Waals surface area (Å²) in [5, 5.41) is 15.0. The van der Waals surface area contributed by atoms with Crippen molar-refractivity contribution in [3.05, 3.63) is 83.9 Å². The molecule has 9 heteroatoms. The third kappa shape index (κ3) is 7.11. The van der Waals surface area contributed by atoms with E-state index in [9.17, 15) is 9.90 Å². The van der Waals surface area contributed by atoms with Crippen LogP contribution in [0.1, 0.15) is 11.1 Å². The van der Waals surface area contributed by atoms with Gasteiger partial charge in [0.15, 0.2) is 11.5 Å². The molecule has 9 nitrogen and oxygen atoms in total. The van der Waals surface area contributed by atoms with E-state index in [-0.39, 0.29) is 11.7 Å². The number of hydrazone groups is 1. The monoisotopic (exact) mass is 542 g/mol. The molecule has 0 radical (unpaired) electrons. The van der Waals surface area contributed by atoms with E-state index in [4.69, 9.17) is 4.74 Å². The van der Waals surface area contributed by atoms with E-state index in [0.29, 0.717) is 18.8 Å². The molecule has 0 aromatic heterocycles. The second-order valence-electron chi connectivity index (χ2n) is 10.2. The predicted octanol–water partition coefficient (Wildman–Crippen LogP) is 3.00. The van der Waals surface area contributed by atoms with Gasteiger partial charge in [-0.25, -0.2) is 5.43 Å². The van der Waals surface area contributed by atoms with Gasteiger partial charge in [-0.05, 0) is 42.0 Å². The number of hydrogen-bond donors (Lipinski definition) is 2. The van der Waals surface area contributed by atoms with Crippen LogP contribution in [0.15, 0.2) is 77.9 Å². The molecule has 210 valence electrons. The summed E-state index contributed by atoms with van der Waals surface area (Å²) in [6.45, 7) is 7.97. The summed E-state index contributed by atoms with van der Waals surface area (Å²) >= 11 is 0.